The van der Waals surface area contributed by atoms with Gasteiger partial charge in [-0.3, -0.25) is 4.79 Å². The molecule has 0 heterocycles. The molecule has 108 valence electrons. The molecule has 1 unspecified atom stereocenters. The lowest BCUT2D eigenvalue weighted by molar-refractivity contribution is -0.121. The fourth-order valence-corrected chi connectivity index (χ4v) is 2.13. The summed E-state index contributed by atoms with van der Waals surface area (Å²) in [4.78, 5) is 11.9. The maximum atomic E-state index is 11.9. The van der Waals surface area contributed by atoms with Gasteiger partial charge in [0.15, 0.2) is 0 Å². The number of amides is 1. The monoisotopic (exact) mass is 337 g/mol. The maximum Gasteiger partial charge on any atom is 0.242 e. The molecule has 1 aromatic rings. The molecule has 0 radical (unpaired) electrons. The summed E-state index contributed by atoms with van der Waals surface area (Å²) in [6.07, 6.45) is 0.971. The molecular formula is C15H20BrN3O. The number of nitrogens with one attached hydrogen (secondary N) is 2. The molecule has 5 heteroatoms. The van der Waals surface area contributed by atoms with E-state index in [9.17, 15) is 4.79 Å². The quantitative estimate of drug-likeness (QED) is 0.837. The lowest BCUT2D eigenvalue weighted by atomic mass is 10.1. The minimum atomic E-state index is -0.327. The van der Waals surface area contributed by atoms with E-state index in [0.29, 0.717) is 18.0 Å². The van der Waals surface area contributed by atoms with Gasteiger partial charge in [-0.1, -0.05) is 13.8 Å². The highest BCUT2D eigenvalue weighted by Gasteiger charge is 2.13. The van der Waals surface area contributed by atoms with Crippen molar-refractivity contribution in [1.29, 1.82) is 5.26 Å². The Morgan fingerprint density at radius 2 is 2.10 bits per heavy atom. The van der Waals surface area contributed by atoms with Crippen LogP contribution in [0.3, 0.4) is 0 Å². The SMILES string of the molecule is CC(C)CCNC(=O)C(C)Nc1ccc(C#N)cc1Br. The summed E-state index contributed by atoms with van der Waals surface area (Å²) in [5, 5.41) is 14.8. The van der Waals surface area contributed by atoms with Crippen LogP contribution in [0.25, 0.3) is 0 Å². The second kappa shape index (κ2) is 7.91. The van der Waals surface area contributed by atoms with Gasteiger partial charge in [0.25, 0.3) is 0 Å². The molecule has 0 aliphatic heterocycles. The second-order valence-electron chi connectivity index (χ2n) is 5.15. The number of benzene rings is 1. The standard InChI is InChI=1S/C15H20BrN3O/c1-10(2)6-7-18-15(20)11(3)19-14-5-4-12(9-17)8-13(14)16/h4-5,8,10-11,19H,6-7H2,1-3H3,(H,18,20). The van der Waals surface area contributed by atoms with Gasteiger partial charge in [0.2, 0.25) is 5.91 Å². The molecule has 1 aromatic carbocycles. The van der Waals surface area contributed by atoms with E-state index in [1.807, 2.05) is 6.92 Å². The molecule has 1 rings (SSSR count). The Bertz CT molecular complexity index is 508. The summed E-state index contributed by atoms with van der Waals surface area (Å²) in [7, 11) is 0. The number of halogens is 1. The Morgan fingerprint density at radius 1 is 1.40 bits per heavy atom. The van der Waals surface area contributed by atoms with Crippen molar-refractivity contribution in [2.45, 2.75) is 33.2 Å². The first-order valence-electron chi connectivity index (χ1n) is 6.68. The topological polar surface area (TPSA) is 64.9 Å². The lowest BCUT2D eigenvalue weighted by Gasteiger charge is -2.17. The van der Waals surface area contributed by atoms with Crippen LogP contribution in [0, 0.1) is 17.2 Å². The minimum Gasteiger partial charge on any atom is -0.373 e. The van der Waals surface area contributed by atoms with Crippen LogP contribution >= 0.6 is 15.9 Å². The van der Waals surface area contributed by atoms with Crippen LogP contribution < -0.4 is 10.6 Å². The molecule has 20 heavy (non-hydrogen) atoms. The van der Waals surface area contributed by atoms with Gasteiger partial charge < -0.3 is 10.6 Å². The zero-order valence-corrected chi connectivity index (χ0v) is 13.6. The third-order valence-corrected chi connectivity index (χ3v) is 3.54. The summed E-state index contributed by atoms with van der Waals surface area (Å²) in [6, 6.07) is 6.98. The number of nitriles is 1. The third kappa shape index (κ3) is 5.22. The molecule has 0 fully saturated rings. The van der Waals surface area contributed by atoms with E-state index in [4.69, 9.17) is 5.26 Å². The van der Waals surface area contributed by atoms with Crippen molar-refractivity contribution in [2.24, 2.45) is 5.92 Å². The molecular weight excluding hydrogens is 318 g/mol. The summed E-state index contributed by atoms with van der Waals surface area (Å²) >= 11 is 3.39. The first-order chi connectivity index (χ1) is 9.43. The molecule has 0 saturated carbocycles. The minimum absolute atomic E-state index is 0.0260. The summed E-state index contributed by atoms with van der Waals surface area (Å²) < 4.78 is 0.776. The van der Waals surface area contributed by atoms with Gasteiger partial charge in [0.1, 0.15) is 6.04 Å². The number of anilines is 1. The molecule has 2 N–H and O–H groups in total. The van der Waals surface area contributed by atoms with Gasteiger partial charge in [0, 0.05) is 16.7 Å². The van der Waals surface area contributed by atoms with Gasteiger partial charge in [-0.2, -0.15) is 5.26 Å². The first kappa shape index (κ1) is 16.5. The van der Waals surface area contributed by atoms with Crippen LogP contribution in [0.5, 0.6) is 0 Å². The molecule has 0 aromatic heterocycles. The van der Waals surface area contributed by atoms with Crippen molar-refractivity contribution >= 4 is 27.5 Å². The Labute approximate surface area is 128 Å². The summed E-state index contributed by atoms with van der Waals surface area (Å²) in [6.45, 7) is 6.76. The van der Waals surface area contributed by atoms with Crippen molar-refractivity contribution in [2.75, 3.05) is 11.9 Å². The number of carbonyl (C=O) groups excluding carboxylic acids is 1. The lowest BCUT2D eigenvalue weighted by Crippen LogP contribution is -2.38. The maximum absolute atomic E-state index is 11.9. The van der Waals surface area contributed by atoms with Crippen LogP contribution in [-0.2, 0) is 4.79 Å². The second-order valence-corrected chi connectivity index (χ2v) is 6.00. The van der Waals surface area contributed by atoms with Gasteiger partial charge in [-0.25, -0.2) is 0 Å². The Balaban J connectivity index is 2.55. The van der Waals surface area contributed by atoms with Crippen molar-refractivity contribution < 1.29 is 4.79 Å². The van der Waals surface area contributed by atoms with E-state index in [2.05, 4.69) is 46.5 Å². The first-order valence-corrected chi connectivity index (χ1v) is 7.47. The largest absolute Gasteiger partial charge is 0.373 e. The van der Waals surface area contributed by atoms with Crippen LogP contribution in [0.4, 0.5) is 5.69 Å². The van der Waals surface area contributed by atoms with Gasteiger partial charge in [0.05, 0.1) is 11.6 Å². The van der Waals surface area contributed by atoms with Crippen LogP contribution in [-0.4, -0.2) is 18.5 Å². The van der Waals surface area contributed by atoms with Gasteiger partial charge in [-0.15, -0.1) is 0 Å². The number of rotatable bonds is 6. The zero-order valence-electron chi connectivity index (χ0n) is 12.0. The Hall–Kier alpha value is -1.54. The molecule has 4 nitrogen and oxygen atoms in total. The zero-order chi connectivity index (χ0) is 15.1. The fourth-order valence-electron chi connectivity index (χ4n) is 1.64. The molecule has 0 aliphatic rings. The smallest absolute Gasteiger partial charge is 0.242 e. The molecule has 0 bridgehead atoms. The van der Waals surface area contributed by atoms with E-state index in [1.165, 1.54) is 0 Å². The van der Waals surface area contributed by atoms with E-state index in [-0.39, 0.29) is 11.9 Å². The Morgan fingerprint density at radius 3 is 2.65 bits per heavy atom. The van der Waals surface area contributed by atoms with E-state index >= 15 is 0 Å². The van der Waals surface area contributed by atoms with Crippen molar-refractivity contribution in [1.82, 2.24) is 5.32 Å². The van der Waals surface area contributed by atoms with Crippen LogP contribution in [0.1, 0.15) is 32.8 Å². The molecule has 0 aliphatic carbocycles. The summed E-state index contributed by atoms with van der Waals surface area (Å²) in [5.41, 5.74) is 1.38. The van der Waals surface area contributed by atoms with Gasteiger partial charge >= 0.3 is 0 Å². The molecule has 1 amide bonds. The molecule has 1 atom stereocenters. The highest BCUT2D eigenvalue weighted by molar-refractivity contribution is 9.10. The predicted molar refractivity (Wildman–Crippen MR) is 84.4 cm³/mol. The highest BCUT2D eigenvalue weighted by Crippen LogP contribution is 2.24. The average Bonchev–Trinajstić information content (AvgIpc) is 2.40. The fraction of sp³-hybridized carbons (Fsp3) is 0.467. The third-order valence-electron chi connectivity index (χ3n) is 2.88. The predicted octanol–water partition coefficient (Wildman–Crippen LogP) is 3.28. The van der Waals surface area contributed by atoms with Crippen LogP contribution in [0.2, 0.25) is 0 Å². The highest BCUT2D eigenvalue weighted by atomic mass is 79.9. The van der Waals surface area contributed by atoms with Crippen molar-refractivity contribution in [3.05, 3.63) is 28.2 Å². The average molecular weight is 338 g/mol. The van der Waals surface area contributed by atoms with Gasteiger partial charge in [-0.05, 0) is 53.4 Å². The summed E-state index contributed by atoms with van der Waals surface area (Å²) in [5.74, 6) is 0.549. The van der Waals surface area contributed by atoms with E-state index in [0.717, 1.165) is 16.6 Å². The normalized spacial score (nSPS) is 11.8. The van der Waals surface area contributed by atoms with E-state index in [1.54, 1.807) is 18.2 Å². The van der Waals surface area contributed by atoms with E-state index < -0.39 is 0 Å². The number of hydrogen-bond donors (Lipinski definition) is 2. The number of carbonyl (C=O) groups is 1. The molecule has 0 saturated heterocycles. The molecule has 0 spiro atoms. The Kier molecular flexibility index (Phi) is 6.53. The van der Waals surface area contributed by atoms with Crippen molar-refractivity contribution in [3.8, 4) is 6.07 Å². The number of hydrogen-bond acceptors (Lipinski definition) is 3. The number of nitrogens with zero attached hydrogens (tertiary/aromatic N) is 1. The van der Waals surface area contributed by atoms with Crippen LogP contribution in [0.15, 0.2) is 22.7 Å². The van der Waals surface area contributed by atoms with Crippen molar-refractivity contribution in [3.63, 3.8) is 0 Å².